The zero-order valence-corrected chi connectivity index (χ0v) is 19.8. The van der Waals surface area contributed by atoms with Crippen molar-refractivity contribution in [3.8, 4) is 0 Å². The number of aromatic nitrogens is 2. The van der Waals surface area contributed by atoms with E-state index >= 15 is 0 Å². The number of fused-ring (bicyclic) bond motifs is 3. The van der Waals surface area contributed by atoms with Gasteiger partial charge in [-0.3, -0.25) is 9.59 Å². The van der Waals surface area contributed by atoms with Crippen molar-refractivity contribution in [2.75, 3.05) is 5.32 Å². The Morgan fingerprint density at radius 3 is 2.14 bits per heavy atom. The van der Waals surface area contributed by atoms with E-state index in [4.69, 9.17) is 0 Å². The molecule has 1 aromatic heterocycles. The van der Waals surface area contributed by atoms with Crippen LogP contribution in [-0.4, -0.2) is 26.5 Å². The fourth-order valence-electron chi connectivity index (χ4n) is 5.02. The topological polar surface area (TPSA) is 84.2 Å². The van der Waals surface area contributed by atoms with Gasteiger partial charge in [-0.2, -0.15) is 0 Å². The summed E-state index contributed by atoms with van der Waals surface area (Å²) in [5.41, 5.74) is 3.57. The third-order valence-corrected chi connectivity index (χ3v) is 6.72. The van der Waals surface area contributed by atoms with Gasteiger partial charge in [-0.15, -0.1) is 0 Å². The Kier molecular flexibility index (Phi) is 5.62. The molecule has 0 aliphatic rings. The zero-order valence-electron chi connectivity index (χ0n) is 19.8. The molecule has 6 rings (SSSR count). The number of carbonyl (C=O) groups excluding carboxylic acids is 1. The minimum Gasteiger partial charge on any atom is -0.481 e. The highest BCUT2D eigenvalue weighted by atomic mass is 16.4. The molecule has 180 valence electrons. The number of hydrogen-bond acceptors (Lipinski definition) is 3. The SMILES string of the molecule is O=C(O)CC(c1ccccc1)n1cnc2ccc(NC(=O)c3c4ccccc4cc4ccccc34)cc21. The van der Waals surface area contributed by atoms with Crippen molar-refractivity contribution in [3.05, 3.63) is 121 Å². The summed E-state index contributed by atoms with van der Waals surface area (Å²) in [6.07, 6.45) is 1.57. The first kappa shape index (κ1) is 22.5. The van der Waals surface area contributed by atoms with Crippen molar-refractivity contribution in [2.24, 2.45) is 0 Å². The van der Waals surface area contributed by atoms with Crippen molar-refractivity contribution in [3.63, 3.8) is 0 Å². The summed E-state index contributed by atoms with van der Waals surface area (Å²) in [5.74, 6) is -1.11. The molecule has 1 heterocycles. The lowest BCUT2D eigenvalue weighted by molar-refractivity contribution is -0.137. The van der Waals surface area contributed by atoms with Crippen LogP contribution in [0.15, 0.2) is 109 Å². The molecule has 0 aliphatic heterocycles. The molecular weight excluding hydrogens is 462 g/mol. The van der Waals surface area contributed by atoms with Crippen LogP contribution in [-0.2, 0) is 4.79 Å². The molecule has 6 nitrogen and oxygen atoms in total. The van der Waals surface area contributed by atoms with Crippen molar-refractivity contribution in [2.45, 2.75) is 12.5 Å². The Bertz CT molecular complexity index is 1740. The molecule has 0 saturated heterocycles. The molecule has 0 saturated carbocycles. The first-order chi connectivity index (χ1) is 18.1. The first-order valence-corrected chi connectivity index (χ1v) is 12.0. The fraction of sp³-hybridized carbons (Fsp3) is 0.0645. The molecule has 2 N–H and O–H groups in total. The third-order valence-electron chi connectivity index (χ3n) is 6.72. The Morgan fingerprint density at radius 1 is 0.811 bits per heavy atom. The van der Waals surface area contributed by atoms with Crippen LogP contribution < -0.4 is 5.32 Å². The number of carboxylic acids is 1. The van der Waals surface area contributed by atoms with Gasteiger partial charge < -0.3 is 15.0 Å². The maximum atomic E-state index is 13.7. The van der Waals surface area contributed by atoms with Gasteiger partial charge in [0, 0.05) is 5.69 Å². The summed E-state index contributed by atoms with van der Waals surface area (Å²) < 4.78 is 1.86. The Balaban J connectivity index is 1.42. The monoisotopic (exact) mass is 485 g/mol. The van der Waals surface area contributed by atoms with Crippen molar-refractivity contribution in [1.82, 2.24) is 9.55 Å². The molecule has 1 unspecified atom stereocenters. The smallest absolute Gasteiger partial charge is 0.305 e. The van der Waals surface area contributed by atoms with E-state index in [1.165, 1.54) is 0 Å². The fourth-order valence-corrected chi connectivity index (χ4v) is 5.02. The molecule has 0 radical (unpaired) electrons. The number of nitrogens with one attached hydrogen (secondary N) is 1. The number of rotatable bonds is 6. The standard InChI is InChI=1S/C31H23N3O3/c35-29(36)18-27(20-8-2-1-3-9-20)34-19-32-26-15-14-23(17-28(26)34)33-31(37)30-24-12-6-4-10-21(24)16-22-11-5-7-13-25(22)30/h1-17,19,27H,18H2,(H,33,37)(H,35,36). The lowest BCUT2D eigenvalue weighted by Crippen LogP contribution is -2.15. The maximum absolute atomic E-state index is 13.7. The molecule has 5 aromatic carbocycles. The summed E-state index contributed by atoms with van der Waals surface area (Å²) in [4.78, 5) is 29.9. The van der Waals surface area contributed by atoms with Crippen molar-refractivity contribution < 1.29 is 14.7 Å². The number of amides is 1. The van der Waals surface area contributed by atoms with Crippen LogP contribution in [0.4, 0.5) is 5.69 Å². The van der Waals surface area contributed by atoms with Gasteiger partial charge >= 0.3 is 5.97 Å². The molecule has 0 fully saturated rings. The van der Waals surface area contributed by atoms with Gasteiger partial charge in [0.15, 0.2) is 0 Å². The summed E-state index contributed by atoms with van der Waals surface area (Å²) in [7, 11) is 0. The van der Waals surface area contributed by atoms with E-state index < -0.39 is 12.0 Å². The summed E-state index contributed by atoms with van der Waals surface area (Å²) in [5, 5.41) is 16.4. The van der Waals surface area contributed by atoms with E-state index in [0.717, 1.165) is 38.1 Å². The van der Waals surface area contributed by atoms with E-state index in [9.17, 15) is 14.7 Å². The Labute approximate surface area is 212 Å². The molecule has 0 aliphatic carbocycles. The molecule has 6 heteroatoms. The van der Waals surface area contributed by atoms with Gasteiger partial charge in [-0.05, 0) is 51.4 Å². The number of aliphatic carboxylic acids is 1. The number of benzene rings is 5. The van der Waals surface area contributed by atoms with Gasteiger partial charge in [0.05, 0.1) is 35.4 Å². The molecule has 0 bridgehead atoms. The predicted octanol–water partition coefficient (Wildman–Crippen LogP) is 6.66. The highest BCUT2D eigenvalue weighted by Gasteiger charge is 2.21. The van der Waals surface area contributed by atoms with Gasteiger partial charge in [0.1, 0.15) is 0 Å². The quantitative estimate of drug-likeness (QED) is 0.258. The van der Waals surface area contributed by atoms with Gasteiger partial charge in [0.2, 0.25) is 0 Å². The number of carbonyl (C=O) groups is 2. The van der Waals surface area contributed by atoms with Crippen LogP contribution in [0.25, 0.3) is 32.6 Å². The average Bonchev–Trinajstić information content (AvgIpc) is 3.33. The number of imidazole rings is 1. The van der Waals surface area contributed by atoms with Crippen LogP contribution in [0.2, 0.25) is 0 Å². The van der Waals surface area contributed by atoms with Crippen LogP contribution >= 0.6 is 0 Å². The molecule has 1 atom stereocenters. The average molecular weight is 486 g/mol. The number of carboxylic acid groups (broad SMARTS) is 1. The number of hydrogen-bond donors (Lipinski definition) is 2. The van der Waals surface area contributed by atoms with E-state index in [-0.39, 0.29) is 12.3 Å². The Hall–Kier alpha value is -4.97. The van der Waals surface area contributed by atoms with E-state index in [1.807, 2.05) is 102 Å². The second kappa shape index (κ2) is 9.24. The Morgan fingerprint density at radius 2 is 1.46 bits per heavy atom. The summed E-state index contributed by atoms with van der Waals surface area (Å²) in [6.45, 7) is 0. The van der Waals surface area contributed by atoms with Crippen LogP contribution in [0.5, 0.6) is 0 Å². The van der Waals surface area contributed by atoms with E-state index in [2.05, 4.69) is 16.4 Å². The highest BCUT2D eigenvalue weighted by Crippen LogP contribution is 2.31. The third kappa shape index (κ3) is 4.19. The minimum atomic E-state index is -0.900. The van der Waals surface area contributed by atoms with Crippen molar-refractivity contribution >= 4 is 50.1 Å². The number of nitrogens with zero attached hydrogens (tertiary/aromatic N) is 2. The van der Waals surface area contributed by atoms with E-state index in [0.29, 0.717) is 11.3 Å². The second-order valence-corrected chi connectivity index (χ2v) is 9.03. The predicted molar refractivity (Wildman–Crippen MR) is 146 cm³/mol. The lowest BCUT2D eigenvalue weighted by atomic mass is 9.96. The number of anilines is 1. The van der Waals surface area contributed by atoms with Gasteiger partial charge in [-0.1, -0.05) is 78.9 Å². The highest BCUT2D eigenvalue weighted by molar-refractivity contribution is 6.22. The van der Waals surface area contributed by atoms with Crippen molar-refractivity contribution in [1.29, 1.82) is 0 Å². The van der Waals surface area contributed by atoms with Crippen LogP contribution in [0.1, 0.15) is 28.4 Å². The summed E-state index contributed by atoms with van der Waals surface area (Å²) >= 11 is 0. The summed E-state index contributed by atoms with van der Waals surface area (Å²) in [6, 6.07) is 32.4. The molecular formula is C31H23N3O3. The van der Waals surface area contributed by atoms with Crippen LogP contribution in [0, 0.1) is 0 Å². The zero-order chi connectivity index (χ0) is 25.4. The maximum Gasteiger partial charge on any atom is 0.305 e. The van der Waals surface area contributed by atoms with Gasteiger partial charge in [0.25, 0.3) is 5.91 Å². The largest absolute Gasteiger partial charge is 0.481 e. The minimum absolute atomic E-state index is 0.0892. The molecule has 6 aromatic rings. The second-order valence-electron chi connectivity index (χ2n) is 9.03. The van der Waals surface area contributed by atoms with Crippen LogP contribution in [0.3, 0.4) is 0 Å². The molecule has 37 heavy (non-hydrogen) atoms. The van der Waals surface area contributed by atoms with E-state index in [1.54, 1.807) is 6.33 Å². The molecule has 1 amide bonds. The van der Waals surface area contributed by atoms with Gasteiger partial charge in [-0.25, -0.2) is 4.98 Å². The normalized spacial score (nSPS) is 12.1. The molecule has 0 spiro atoms. The first-order valence-electron chi connectivity index (χ1n) is 12.0. The lowest BCUT2D eigenvalue weighted by Gasteiger charge is -2.18.